The van der Waals surface area contributed by atoms with E-state index in [2.05, 4.69) is 32.5 Å². The number of nitrogens with one attached hydrogen (secondary N) is 1. The quantitative estimate of drug-likeness (QED) is 0.270. The molecule has 0 bridgehead atoms. The van der Waals surface area contributed by atoms with Crippen LogP contribution in [-0.2, 0) is 4.74 Å². The number of thiocarbonyl (C=S) groups is 1. The first-order valence-electron chi connectivity index (χ1n) is 3.49. The summed E-state index contributed by atoms with van der Waals surface area (Å²) in [7, 11) is 1.29. The van der Waals surface area contributed by atoms with Gasteiger partial charge in [0.1, 0.15) is 15.6 Å². The second kappa shape index (κ2) is 4.83. The third-order valence-electron chi connectivity index (χ3n) is 1.39. The number of esters is 1. The van der Waals surface area contributed by atoms with Crippen molar-refractivity contribution in [2.75, 3.05) is 12.5 Å². The molecular weight excluding hydrogens is 222 g/mol. The molecule has 1 heterocycles. The molecule has 0 radical (unpaired) electrons. The number of thiophene rings is 1. The maximum absolute atomic E-state index is 11.2. The zero-order valence-electron chi connectivity index (χ0n) is 7.23. The Kier molecular flexibility index (Phi) is 3.73. The van der Waals surface area contributed by atoms with E-state index < -0.39 is 5.97 Å². The van der Waals surface area contributed by atoms with E-state index >= 15 is 0 Å². The molecule has 7 heteroatoms. The summed E-state index contributed by atoms with van der Waals surface area (Å²) >= 11 is 5.59. The third kappa shape index (κ3) is 2.15. The third-order valence-corrected chi connectivity index (χ3v) is 2.52. The number of rotatable bonds is 3. The fourth-order valence-corrected chi connectivity index (χ4v) is 1.75. The predicted octanol–water partition coefficient (Wildman–Crippen LogP) is 1.55. The fraction of sp³-hybridized carbons (Fsp3) is 0.143. The molecule has 1 aromatic heterocycles. The molecule has 0 saturated heterocycles. The summed E-state index contributed by atoms with van der Waals surface area (Å²) in [6.07, 6.45) is 0. The number of isothiocyanates is 1. The summed E-state index contributed by atoms with van der Waals surface area (Å²) in [5.41, 5.74) is 2.82. The van der Waals surface area contributed by atoms with Crippen LogP contribution in [0.5, 0.6) is 0 Å². The van der Waals surface area contributed by atoms with Crippen LogP contribution >= 0.6 is 23.6 Å². The van der Waals surface area contributed by atoms with Crippen LogP contribution in [0.15, 0.2) is 11.1 Å². The van der Waals surface area contributed by atoms with E-state index in [-0.39, 0.29) is 0 Å². The zero-order valence-corrected chi connectivity index (χ0v) is 8.87. The average molecular weight is 229 g/mol. The van der Waals surface area contributed by atoms with Crippen molar-refractivity contribution in [2.45, 2.75) is 0 Å². The first-order valence-corrected chi connectivity index (χ1v) is 4.72. The molecule has 0 aromatic carbocycles. The van der Waals surface area contributed by atoms with Gasteiger partial charge >= 0.3 is 5.97 Å². The minimum Gasteiger partial charge on any atom is -0.465 e. The maximum Gasteiger partial charge on any atom is 0.350 e. The molecule has 0 aliphatic carbocycles. The van der Waals surface area contributed by atoms with Gasteiger partial charge in [-0.3, -0.25) is 0 Å². The van der Waals surface area contributed by atoms with Gasteiger partial charge in [-0.2, -0.15) is 4.99 Å². The van der Waals surface area contributed by atoms with E-state index in [1.165, 1.54) is 7.11 Å². The molecule has 0 atom stereocenters. The van der Waals surface area contributed by atoms with Crippen molar-refractivity contribution in [3.8, 4) is 0 Å². The van der Waals surface area contributed by atoms with Gasteiger partial charge in [-0.05, 0) is 12.2 Å². The minimum absolute atomic E-state index is 0.345. The lowest BCUT2D eigenvalue weighted by Gasteiger charge is -1.94. The lowest BCUT2D eigenvalue weighted by atomic mass is 10.4. The monoisotopic (exact) mass is 229 g/mol. The van der Waals surface area contributed by atoms with Gasteiger partial charge in [0, 0.05) is 6.07 Å². The van der Waals surface area contributed by atoms with Crippen molar-refractivity contribution in [1.29, 1.82) is 0 Å². The lowest BCUT2D eigenvalue weighted by Crippen LogP contribution is -2.04. The molecule has 0 aliphatic heterocycles. The maximum atomic E-state index is 11.2. The van der Waals surface area contributed by atoms with Crippen LogP contribution < -0.4 is 11.3 Å². The predicted molar refractivity (Wildman–Crippen MR) is 58.2 cm³/mol. The van der Waals surface area contributed by atoms with Crippen molar-refractivity contribution in [1.82, 2.24) is 0 Å². The second-order valence-electron chi connectivity index (χ2n) is 2.16. The summed E-state index contributed by atoms with van der Waals surface area (Å²) < 4.78 is 4.56. The van der Waals surface area contributed by atoms with E-state index in [1.54, 1.807) is 6.07 Å². The first kappa shape index (κ1) is 10.8. The number of carbonyl (C=O) groups excluding carboxylic acids is 1. The molecule has 0 amide bonds. The number of hydrogen-bond donors (Lipinski definition) is 2. The topological polar surface area (TPSA) is 76.7 Å². The first-order chi connectivity index (χ1) is 6.72. The van der Waals surface area contributed by atoms with Gasteiger partial charge in [-0.1, -0.05) is 0 Å². The van der Waals surface area contributed by atoms with E-state index in [9.17, 15) is 4.79 Å². The van der Waals surface area contributed by atoms with E-state index in [4.69, 9.17) is 5.84 Å². The number of methoxy groups -OCH3 is 1. The lowest BCUT2D eigenvalue weighted by molar-refractivity contribution is 0.0607. The number of nitrogens with zero attached hydrogens (tertiary/aromatic N) is 1. The highest BCUT2D eigenvalue weighted by atomic mass is 32.1. The molecule has 5 nitrogen and oxygen atoms in total. The molecule has 0 spiro atoms. The van der Waals surface area contributed by atoms with Crippen molar-refractivity contribution >= 4 is 45.4 Å². The van der Waals surface area contributed by atoms with Crippen LogP contribution in [0.3, 0.4) is 0 Å². The van der Waals surface area contributed by atoms with Gasteiger partial charge in [-0.25, -0.2) is 10.6 Å². The number of carbonyl (C=O) groups is 1. The van der Waals surface area contributed by atoms with Gasteiger partial charge in [0.2, 0.25) is 0 Å². The number of hydrazine groups is 1. The Balaban J connectivity index is 3.18. The molecule has 14 heavy (non-hydrogen) atoms. The molecular formula is C7H7N3O2S2. The molecule has 0 aliphatic rings. The van der Waals surface area contributed by atoms with Crippen molar-refractivity contribution in [2.24, 2.45) is 10.8 Å². The largest absolute Gasteiger partial charge is 0.465 e. The van der Waals surface area contributed by atoms with Gasteiger partial charge < -0.3 is 10.2 Å². The number of anilines is 1. The van der Waals surface area contributed by atoms with Gasteiger partial charge in [-0.15, -0.1) is 11.3 Å². The Labute approximate surface area is 89.6 Å². The van der Waals surface area contributed by atoms with E-state index in [1.807, 2.05) is 0 Å². The molecule has 0 unspecified atom stereocenters. The molecule has 0 fully saturated rings. The van der Waals surface area contributed by atoms with Gasteiger partial charge in [0.25, 0.3) is 0 Å². The molecule has 1 rings (SSSR count). The van der Waals surface area contributed by atoms with Crippen LogP contribution in [0.2, 0.25) is 0 Å². The van der Waals surface area contributed by atoms with Crippen molar-refractivity contribution < 1.29 is 9.53 Å². The van der Waals surface area contributed by atoms with Crippen LogP contribution in [0.25, 0.3) is 0 Å². The highest BCUT2D eigenvalue weighted by Crippen LogP contribution is 2.33. The number of ether oxygens (including phenoxy) is 1. The van der Waals surface area contributed by atoms with Crippen LogP contribution in [0, 0.1) is 0 Å². The SMILES string of the molecule is COC(=O)c1sc(NN)cc1N=C=S. The standard InChI is InChI=1S/C7H7N3O2S2/c1-12-7(11)6-4(9-3-13)2-5(10-8)14-6/h2,10H,8H2,1H3. The van der Waals surface area contributed by atoms with Crippen molar-refractivity contribution in [3.63, 3.8) is 0 Å². The van der Waals surface area contributed by atoms with Crippen LogP contribution in [-0.4, -0.2) is 18.2 Å². The Morgan fingerprint density at radius 1 is 1.86 bits per heavy atom. The summed E-state index contributed by atoms with van der Waals surface area (Å²) in [6, 6.07) is 1.59. The van der Waals surface area contributed by atoms with E-state index in [0.29, 0.717) is 15.6 Å². The highest BCUT2D eigenvalue weighted by Gasteiger charge is 2.15. The van der Waals surface area contributed by atoms with Crippen LogP contribution in [0.1, 0.15) is 9.67 Å². The van der Waals surface area contributed by atoms with E-state index in [0.717, 1.165) is 11.3 Å². The Bertz CT molecular complexity index is 396. The molecule has 74 valence electrons. The summed E-state index contributed by atoms with van der Waals surface area (Å²) in [4.78, 5) is 15.3. The second-order valence-corrected chi connectivity index (χ2v) is 3.40. The molecule has 0 saturated carbocycles. The van der Waals surface area contributed by atoms with Gasteiger partial charge in [0.05, 0.1) is 12.3 Å². The Hall–Kier alpha value is -1.27. The summed E-state index contributed by atoms with van der Waals surface area (Å²) in [6.45, 7) is 0. The van der Waals surface area contributed by atoms with Gasteiger partial charge in [0.15, 0.2) is 0 Å². The fourth-order valence-electron chi connectivity index (χ4n) is 0.824. The molecule has 3 N–H and O–H groups in total. The zero-order chi connectivity index (χ0) is 10.6. The Morgan fingerprint density at radius 3 is 3.07 bits per heavy atom. The Morgan fingerprint density at radius 2 is 2.57 bits per heavy atom. The number of nitrogen functional groups attached to an aromatic ring is 1. The average Bonchev–Trinajstić information content (AvgIpc) is 2.61. The smallest absolute Gasteiger partial charge is 0.350 e. The number of aliphatic imine (C=N–C) groups is 1. The summed E-state index contributed by atoms with van der Waals surface area (Å²) in [5.74, 6) is 4.72. The highest BCUT2D eigenvalue weighted by molar-refractivity contribution is 7.78. The number of hydrogen-bond acceptors (Lipinski definition) is 7. The summed E-state index contributed by atoms with van der Waals surface area (Å²) in [5, 5.41) is 2.79. The van der Waals surface area contributed by atoms with Crippen molar-refractivity contribution in [3.05, 3.63) is 10.9 Å². The number of nitrogens with two attached hydrogens (primary N) is 1. The molecule has 1 aromatic rings. The minimum atomic E-state index is -0.472. The van der Waals surface area contributed by atoms with Crippen LogP contribution in [0.4, 0.5) is 10.7 Å². The normalized spacial score (nSPS) is 9.00.